The number of hydrogen-bond donors (Lipinski definition) is 0. The van der Waals surface area contributed by atoms with Crippen molar-refractivity contribution in [2.75, 3.05) is 20.1 Å². The van der Waals surface area contributed by atoms with Crippen LogP contribution in [0.15, 0.2) is 12.8 Å². The summed E-state index contributed by atoms with van der Waals surface area (Å²) in [6, 6.07) is 0. The van der Waals surface area contributed by atoms with Gasteiger partial charge in [-0.1, -0.05) is 0 Å². The third kappa shape index (κ3) is 4.95. The fourth-order valence-electron chi connectivity index (χ4n) is 1.24. The van der Waals surface area contributed by atoms with E-state index in [1.165, 1.54) is 25.9 Å². The first-order valence-corrected chi connectivity index (χ1v) is 5.93. The molecule has 0 bridgehead atoms. The lowest BCUT2D eigenvalue weighted by Gasteiger charge is -2.22. The van der Waals surface area contributed by atoms with Crippen LogP contribution in [0.25, 0.3) is 0 Å². The zero-order valence-corrected chi connectivity index (χ0v) is 9.64. The van der Waals surface area contributed by atoms with Crippen molar-refractivity contribution < 1.29 is 30.6 Å². The highest BCUT2D eigenvalue weighted by atomic mass is 32.2. The van der Waals surface area contributed by atoms with E-state index in [0.29, 0.717) is 0 Å². The van der Waals surface area contributed by atoms with E-state index in [-0.39, 0.29) is 0 Å². The second-order valence-electron chi connectivity index (χ2n) is 3.72. The summed E-state index contributed by atoms with van der Waals surface area (Å²) in [5.41, 5.74) is -5.65. The number of rotatable bonds is 1. The molecule has 0 amide bonds. The van der Waals surface area contributed by atoms with Gasteiger partial charge in [-0.3, -0.25) is 0 Å². The Kier molecular flexibility index (Phi) is 4.96. The molecule has 0 aromatic rings. The molecule has 0 spiro atoms. The Labute approximate surface area is 92.7 Å². The highest BCUT2D eigenvalue weighted by molar-refractivity contribution is 7.86. The number of alkyl halides is 3. The van der Waals surface area contributed by atoms with E-state index in [9.17, 15) is 13.2 Å². The Hall–Kier alpha value is -0.600. The van der Waals surface area contributed by atoms with Gasteiger partial charge in [0, 0.05) is 12.8 Å². The fraction of sp³-hybridized carbons (Fsp3) is 0.750. The van der Waals surface area contributed by atoms with Crippen molar-refractivity contribution >= 4 is 10.1 Å². The molecule has 0 aromatic carbocycles. The van der Waals surface area contributed by atoms with Crippen molar-refractivity contribution in [3.05, 3.63) is 12.8 Å². The van der Waals surface area contributed by atoms with Gasteiger partial charge >= 0.3 is 5.51 Å². The second kappa shape index (κ2) is 5.15. The third-order valence-electron chi connectivity index (χ3n) is 2.31. The molecule has 0 unspecified atom stereocenters. The van der Waals surface area contributed by atoms with Gasteiger partial charge in [-0.2, -0.15) is 13.2 Å². The van der Waals surface area contributed by atoms with Crippen molar-refractivity contribution in [3.8, 4) is 0 Å². The van der Waals surface area contributed by atoms with Crippen LogP contribution in [0.2, 0.25) is 0 Å². The maximum Gasteiger partial charge on any atom is 0.485 e. The molecular weight excluding hydrogens is 247 g/mol. The zero-order valence-electron chi connectivity index (χ0n) is 8.83. The first kappa shape index (κ1) is 15.4. The molecule has 96 valence electrons. The van der Waals surface area contributed by atoms with Crippen LogP contribution >= 0.6 is 0 Å². The topological polar surface area (TPSA) is 57.2 Å². The van der Waals surface area contributed by atoms with Crippen molar-refractivity contribution in [2.24, 2.45) is 0 Å². The summed E-state index contributed by atoms with van der Waals surface area (Å²) in [6.45, 7) is 6.38. The standard InChI is InChI=1S/C7H14N.CHF3O3S/c1-3-8(2)6-4-5-7-8;2-1(3,4)8(5,6)7/h3H,1,4-7H2,2H3;(H,5,6,7)/q+1;/p-1. The molecule has 0 radical (unpaired) electrons. The molecule has 0 aliphatic carbocycles. The van der Waals surface area contributed by atoms with E-state index >= 15 is 0 Å². The quantitative estimate of drug-likeness (QED) is 0.407. The number of nitrogens with zero attached hydrogens (tertiary/aromatic N) is 1. The number of hydrogen-bond acceptors (Lipinski definition) is 3. The van der Waals surface area contributed by atoms with E-state index in [0.717, 1.165) is 4.48 Å². The molecule has 1 saturated heterocycles. The SMILES string of the molecule is C=C[N+]1(C)CCCC1.O=S(=O)([O-])C(F)(F)F. The molecule has 4 nitrogen and oxygen atoms in total. The lowest BCUT2D eigenvalue weighted by molar-refractivity contribution is -0.846. The van der Waals surface area contributed by atoms with Crippen molar-refractivity contribution in [1.29, 1.82) is 0 Å². The van der Waals surface area contributed by atoms with Crippen LogP contribution in [0.1, 0.15) is 12.8 Å². The molecule has 16 heavy (non-hydrogen) atoms. The molecule has 1 aliphatic rings. The zero-order chi connectivity index (χ0) is 13.0. The van der Waals surface area contributed by atoms with Gasteiger partial charge < -0.3 is 9.04 Å². The lowest BCUT2D eigenvalue weighted by Crippen LogP contribution is -2.33. The van der Waals surface area contributed by atoms with Crippen LogP contribution in [0, 0.1) is 0 Å². The predicted octanol–water partition coefficient (Wildman–Crippen LogP) is 1.42. The molecule has 0 atom stereocenters. The Morgan fingerprint density at radius 1 is 1.31 bits per heavy atom. The van der Waals surface area contributed by atoms with Gasteiger partial charge in [0.25, 0.3) is 0 Å². The van der Waals surface area contributed by atoms with Gasteiger partial charge in [0.05, 0.1) is 26.3 Å². The van der Waals surface area contributed by atoms with Gasteiger partial charge in [-0.25, -0.2) is 8.42 Å². The van der Waals surface area contributed by atoms with Gasteiger partial charge in [0.1, 0.15) is 0 Å². The van der Waals surface area contributed by atoms with Gasteiger partial charge in [0.15, 0.2) is 10.1 Å². The van der Waals surface area contributed by atoms with Gasteiger partial charge in [-0.15, -0.1) is 0 Å². The molecule has 1 heterocycles. The fourth-order valence-corrected chi connectivity index (χ4v) is 1.24. The van der Waals surface area contributed by atoms with Crippen LogP contribution in [-0.2, 0) is 10.1 Å². The summed E-state index contributed by atoms with van der Waals surface area (Å²) in [5, 5.41) is 0. The Morgan fingerprint density at radius 3 is 1.75 bits per heavy atom. The number of halogens is 3. The minimum absolute atomic E-state index is 1.08. The first-order chi connectivity index (χ1) is 7.02. The number of likely N-dealkylation sites (tertiary alicyclic amines) is 1. The third-order valence-corrected chi connectivity index (χ3v) is 2.88. The van der Waals surface area contributed by atoms with Crippen LogP contribution < -0.4 is 0 Å². The molecular formula is C8H14F3NO3S. The van der Waals surface area contributed by atoms with Gasteiger partial charge in [-0.05, 0) is 6.58 Å². The lowest BCUT2D eigenvalue weighted by atomic mass is 10.4. The Morgan fingerprint density at radius 2 is 1.62 bits per heavy atom. The molecule has 1 fully saturated rings. The average Bonchev–Trinajstić information content (AvgIpc) is 2.51. The monoisotopic (exact) mass is 261 g/mol. The summed E-state index contributed by atoms with van der Waals surface area (Å²) in [5.74, 6) is 0. The Balaban J connectivity index is 0.000000281. The van der Waals surface area contributed by atoms with Gasteiger partial charge in [0.2, 0.25) is 0 Å². The molecule has 1 rings (SSSR count). The molecule has 0 aromatic heterocycles. The van der Waals surface area contributed by atoms with Crippen LogP contribution in [0.4, 0.5) is 13.2 Å². The van der Waals surface area contributed by atoms with E-state index in [1.54, 1.807) is 0 Å². The summed E-state index contributed by atoms with van der Waals surface area (Å²) >= 11 is 0. The van der Waals surface area contributed by atoms with E-state index in [4.69, 9.17) is 13.0 Å². The summed E-state index contributed by atoms with van der Waals surface area (Å²) in [4.78, 5) is 0. The maximum absolute atomic E-state index is 10.7. The smallest absolute Gasteiger partial charge is 0.485 e. The van der Waals surface area contributed by atoms with E-state index in [1.807, 2.05) is 6.20 Å². The minimum Gasteiger partial charge on any atom is -0.741 e. The average molecular weight is 261 g/mol. The molecule has 1 aliphatic heterocycles. The first-order valence-electron chi connectivity index (χ1n) is 4.52. The number of quaternary nitrogens is 1. The van der Waals surface area contributed by atoms with Crippen molar-refractivity contribution in [3.63, 3.8) is 0 Å². The van der Waals surface area contributed by atoms with Crippen LogP contribution in [0.5, 0.6) is 0 Å². The molecule has 0 N–H and O–H groups in total. The minimum atomic E-state index is -6.09. The van der Waals surface area contributed by atoms with E-state index in [2.05, 4.69) is 13.6 Å². The summed E-state index contributed by atoms with van der Waals surface area (Å²) < 4.78 is 60.0. The van der Waals surface area contributed by atoms with Crippen LogP contribution in [0.3, 0.4) is 0 Å². The second-order valence-corrected chi connectivity index (χ2v) is 5.09. The predicted molar refractivity (Wildman–Crippen MR) is 51.1 cm³/mol. The largest absolute Gasteiger partial charge is 0.741 e. The maximum atomic E-state index is 10.7. The molecule has 8 heteroatoms. The van der Waals surface area contributed by atoms with Crippen LogP contribution in [-0.4, -0.2) is 43.1 Å². The van der Waals surface area contributed by atoms with Crippen molar-refractivity contribution in [1.82, 2.24) is 0 Å². The summed E-state index contributed by atoms with van der Waals surface area (Å²) in [6.07, 6.45) is 4.80. The van der Waals surface area contributed by atoms with Crippen molar-refractivity contribution in [2.45, 2.75) is 18.3 Å². The Bertz CT molecular complexity index is 331. The van der Waals surface area contributed by atoms with E-state index < -0.39 is 15.6 Å². The summed E-state index contributed by atoms with van der Waals surface area (Å²) in [7, 11) is -3.85. The highest BCUT2D eigenvalue weighted by Gasteiger charge is 2.36. The normalized spacial score (nSPS) is 19.8. The highest BCUT2D eigenvalue weighted by Crippen LogP contribution is 2.20. The molecule has 0 saturated carbocycles.